The molecule has 0 aliphatic rings. The first-order valence-corrected chi connectivity index (χ1v) is 8.87. The number of benzene rings is 2. The Morgan fingerprint density at radius 1 is 1.10 bits per heavy atom. The lowest BCUT2D eigenvalue weighted by molar-refractivity contribution is -0.144. The fourth-order valence-electron chi connectivity index (χ4n) is 3.40. The van der Waals surface area contributed by atoms with Crippen molar-refractivity contribution in [2.75, 3.05) is 6.61 Å². The second-order valence-corrected chi connectivity index (χ2v) is 6.56. The van der Waals surface area contributed by atoms with Gasteiger partial charge in [-0.1, -0.05) is 0 Å². The van der Waals surface area contributed by atoms with Crippen LogP contribution < -0.4 is 0 Å². The number of phenolic OH excluding ortho intramolecular Hbond substituents is 1. The molecule has 1 aromatic heterocycles. The highest BCUT2D eigenvalue weighted by Gasteiger charge is 2.28. The average molecular weight is 405 g/mol. The van der Waals surface area contributed by atoms with E-state index in [1.165, 1.54) is 6.92 Å². The molecule has 0 spiro atoms. The summed E-state index contributed by atoms with van der Waals surface area (Å²) in [6, 6.07) is 4.75. The topological polar surface area (TPSA) is 68.5 Å². The minimum Gasteiger partial charge on any atom is -0.505 e. The lowest BCUT2D eigenvalue weighted by Gasteiger charge is -2.12. The molecule has 29 heavy (non-hydrogen) atoms. The number of hydrogen-bond donors (Lipinski definition) is 1. The van der Waals surface area contributed by atoms with Gasteiger partial charge in [-0.25, -0.2) is 13.2 Å². The molecule has 0 amide bonds. The van der Waals surface area contributed by atoms with Crippen LogP contribution in [0.3, 0.4) is 0 Å². The van der Waals surface area contributed by atoms with Crippen LogP contribution in [0.25, 0.3) is 10.9 Å². The van der Waals surface area contributed by atoms with Crippen LogP contribution >= 0.6 is 0 Å². The molecule has 1 heterocycles. The fraction of sp³-hybridized carbons (Fsp3) is 0.238. The van der Waals surface area contributed by atoms with Crippen LogP contribution in [0.1, 0.15) is 41.4 Å². The van der Waals surface area contributed by atoms with E-state index in [2.05, 4.69) is 0 Å². The quantitative estimate of drug-likeness (QED) is 0.652. The van der Waals surface area contributed by atoms with Gasteiger partial charge in [-0.15, -0.1) is 0 Å². The number of ether oxygens (including phenoxy) is 1. The van der Waals surface area contributed by atoms with Gasteiger partial charge in [-0.2, -0.15) is 0 Å². The largest absolute Gasteiger partial charge is 0.505 e. The lowest BCUT2D eigenvalue weighted by atomic mass is 9.98. The van der Waals surface area contributed by atoms with Crippen molar-refractivity contribution in [3.8, 4) is 5.75 Å². The number of carbonyl (C=O) groups is 2. The first-order valence-electron chi connectivity index (χ1n) is 8.87. The van der Waals surface area contributed by atoms with Crippen LogP contribution in [0.2, 0.25) is 0 Å². The van der Waals surface area contributed by atoms with Gasteiger partial charge in [0.05, 0.1) is 18.0 Å². The normalized spacial score (nSPS) is 12.2. The molecule has 8 heteroatoms. The molecule has 0 unspecified atom stereocenters. The number of hydrogen-bond acceptors (Lipinski definition) is 4. The first kappa shape index (κ1) is 20.4. The number of fused-ring (bicyclic) bond motifs is 1. The van der Waals surface area contributed by atoms with Crippen LogP contribution in [0, 0.1) is 24.4 Å². The van der Waals surface area contributed by atoms with E-state index >= 15 is 0 Å². The van der Waals surface area contributed by atoms with E-state index in [0.717, 1.165) is 34.9 Å². The number of aromatic nitrogens is 1. The van der Waals surface area contributed by atoms with Crippen LogP contribution in [-0.4, -0.2) is 28.2 Å². The van der Waals surface area contributed by atoms with E-state index in [1.54, 1.807) is 13.8 Å². The molecule has 3 aromatic rings. The van der Waals surface area contributed by atoms with Crippen molar-refractivity contribution in [2.24, 2.45) is 0 Å². The van der Waals surface area contributed by atoms with Gasteiger partial charge in [0.2, 0.25) is 0 Å². The summed E-state index contributed by atoms with van der Waals surface area (Å²) in [7, 11) is 0. The number of phenols is 1. The summed E-state index contributed by atoms with van der Waals surface area (Å²) in [4.78, 5) is 25.3. The molecule has 0 saturated carbocycles. The van der Waals surface area contributed by atoms with Gasteiger partial charge >= 0.3 is 5.97 Å². The standard InChI is InChI=1S/C21H18F3NO4/c1-4-29-21(28)10(2)19-11(3)25(17-9-16(24)18(26)8-13(17)19)20(27)12-5-6-14(22)15(23)7-12/h5-10,26H,4H2,1-3H3/t10-/m0/s1. The van der Waals surface area contributed by atoms with Crippen LogP contribution in [0.5, 0.6) is 5.75 Å². The van der Waals surface area contributed by atoms with Gasteiger partial charge < -0.3 is 9.84 Å². The SMILES string of the molecule is CCOC(=O)[C@@H](C)c1c(C)n(C(=O)c2ccc(F)c(F)c2)c2cc(F)c(O)cc12. The average Bonchev–Trinajstić information content (AvgIpc) is 2.94. The van der Waals surface area contributed by atoms with Crippen molar-refractivity contribution in [1.82, 2.24) is 4.57 Å². The van der Waals surface area contributed by atoms with Gasteiger partial charge in [-0.3, -0.25) is 14.2 Å². The molecule has 5 nitrogen and oxygen atoms in total. The van der Waals surface area contributed by atoms with Gasteiger partial charge in [0, 0.05) is 22.7 Å². The zero-order chi connectivity index (χ0) is 21.5. The number of rotatable bonds is 4. The molecule has 0 fully saturated rings. The van der Waals surface area contributed by atoms with E-state index in [0.29, 0.717) is 11.3 Å². The summed E-state index contributed by atoms with van der Waals surface area (Å²) >= 11 is 0. The van der Waals surface area contributed by atoms with Crippen LogP contribution in [0.15, 0.2) is 30.3 Å². The Labute approximate surface area is 164 Å². The Morgan fingerprint density at radius 3 is 2.41 bits per heavy atom. The maximum absolute atomic E-state index is 14.1. The second kappa shape index (κ2) is 7.62. The van der Waals surface area contributed by atoms with E-state index in [1.807, 2.05) is 0 Å². The molecule has 0 aliphatic heterocycles. The summed E-state index contributed by atoms with van der Waals surface area (Å²) in [6.45, 7) is 4.90. The Kier molecular flexibility index (Phi) is 5.37. The van der Waals surface area contributed by atoms with Crippen LogP contribution in [0.4, 0.5) is 13.2 Å². The third-order valence-corrected chi connectivity index (χ3v) is 4.76. The van der Waals surface area contributed by atoms with Gasteiger partial charge in [-0.05, 0) is 50.6 Å². The molecule has 3 rings (SSSR count). The predicted molar refractivity (Wildman–Crippen MR) is 99.4 cm³/mol. The smallest absolute Gasteiger partial charge is 0.313 e. The Bertz CT molecular complexity index is 1140. The second-order valence-electron chi connectivity index (χ2n) is 6.56. The minimum absolute atomic E-state index is 0.0821. The van der Waals surface area contributed by atoms with Gasteiger partial charge in [0.25, 0.3) is 5.91 Å². The first-order chi connectivity index (χ1) is 13.7. The molecule has 1 atom stereocenters. The van der Waals surface area contributed by atoms with Crippen molar-refractivity contribution in [3.05, 3.63) is 64.6 Å². The number of esters is 1. The summed E-state index contributed by atoms with van der Waals surface area (Å²) in [5.74, 6) is -6.03. The monoisotopic (exact) mass is 405 g/mol. The molecule has 0 bridgehead atoms. The molecule has 0 aliphatic carbocycles. The van der Waals surface area contributed by atoms with Crippen molar-refractivity contribution < 1.29 is 32.6 Å². The maximum Gasteiger partial charge on any atom is 0.313 e. The van der Waals surface area contributed by atoms with E-state index in [-0.39, 0.29) is 23.1 Å². The van der Waals surface area contributed by atoms with E-state index in [4.69, 9.17) is 4.74 Å². The number of halogens is 3. The van der Waals surface area contributed by atoms with Gasteiger partial charge in [0.1, 0.15) is 0 Å². The highest BCUT2D eigenvalue weighted by atomic mass is 19.2. The number of carbonyl (C=O) groups excluding carboxylic acids is 2. The molecular formula is C21H18F3NO4. The third kappa shape index (κ3) is 3.46. The lowest BCUT2D eigenvalue weighted by Crippen LogP contribution is -2.17. The summed E-state index contributed by atoms with van der Waals surface area (Å²) in [5.41, 5.74) is 0.580. The molecule has 152 valence electrons. The highest BCUT2D eigenvalue weighted by molar-refractivity contribution is 6.05. The summed E-state index contributed by atoms with van der Waals surface area (Å²) < 4.78 is 47.1. The highest BCUT2D eigenvalue weighted by Crippen LogP contribution is 2.36. The molecule has 2 aromatic carbocycles. The minimum atomic E-state index is -1.20. The van der Waals surface area contributed by atoms with Crippen molar-refractivity contribution in [3.63, 3.8) is 0 Å². The number of nitrogens with zero attached hydrogens (tertiary/aromatic N) is 1. The third-order valence-electron chi connectivity index (χ3n) is 4.76. The predicted octanol–water partition coefficient (Wildman–Crippen LogP) is 4.43. The molecule has 0 saturated heterocycles. The van der Waals surface area contributed by atoms with Crippen molar-refractivity contribution >= 4 is 22.8 Å². The maximum atomic E-state index is 14.1. The zero-order valence-corrected chi connectivity index (χ0v) is 15.9. The van der Waals surface area contributed by atoms with Crippen molar-refractivity contribution in [2.45, 2.75) is 26.7 Å². The fourth-order valence-corrected chi connectivity index (χ4v) is 3.40. The summed E-state index contributed by atoms with van der Waals surface area (Å²) in [5, 5.41) is 10.1. The molecule has 1 N–H and O–H groups in total. The van der Waals surface area contributed by atoms with Crippen LogP contribution in [-0.2, 0) is 9.53 Å². The Balaban J connectivity index is 2.28. The van der Waals surface area contributed by atoms with Crippen molar-refractivity contribution in [1.29, 1.82) is 0 Å². The van der Waals surface area contributed by atoms with Gasteiger partial charge in [0.15, 0.2) is 23.2 Å². The molecular weight excluding hydrogens is 387 g/mol. The Hall–Kier alpha value is -3.29. The number of aromatic hydroxyl groups is 1. The van der Waals surface area contributed by atoms with E-state index in [9.17, 15) is 27.9 Å². The summed E-state index contributed by atoms with van der Waals surface area (Å²) in [6.07, 6.45) is 0. The molecule has 0 radical (unpaired) electrons. The van der Waals surface area contributed by atoms with E-state index < -0.39 is 41.0 Å². The zero-order valence-electron chi connectivity index (χ0n) is 15.9. The Morgan fingerprint density at radius 2 is 1.79 bits per heavy atom.